The van der Waals surface area contributed by atoms with Crippen molar-refractivity contribution >= 4 is 11.6 Å². The predicted molar refractivity (Wildman–Crippen MR) is 90.3 cm³/mol. The normalized spacial score (nSPS) is 21.9. The molecule has 2 aliphatic heterocycles. The van der Waals surface area contributed by atoms with Crippen LogP contribution in [0, 0.1) is 0 Å². The molecule has 2 aromatic rings. The standard InChI is InChI=1S/C19H16F2N2O3/c1-11-10-19(25,18(20)21)23(22-11)17(24)16-12-6-2-4-8-14(12)26-15-9-5-3-7-13(15)16/h2-9,16,18,25H,10H2,1H3/t19-/m0/s1. The number of amides is 1. The van der Waals surface area contributed by atoms with E-state index in [2.05, 4.69) is 5.10 Å². The Morgan fingerprint density at radius 2 is 1.73 bits per heavy atom. The first-order chi connectivity index (χ1) is 12.4. The van der Waals surface area contributed by atoms with Gasteiger partial charge in [0.05, 0.1) is 5.92 Å². The number of nitrogens with zero attached hydrogens (tertiary/aromatic N) is 2. The summed E-state index contributed by atoms with van der Waals surface area (Å²) in [5.41, 5.74) is -1.27. The molecule has 2 aliphatic rings. The zero-order valence-electron chi connectivity index (χ0n) is 13.9. The molecule has 0 bridgehead atoms. The van der Waals surface area contributed by atoms with Gasteiger partial charge in [0.2, 0.25) is 5.72 Å². The zero-order valence-corrected chi connectivity index (χ0v) is 13.9. The van der Waals surface area contributed by atoms with Gasteiger partial charge >= 0.3 is 0 Å². The lowest BCUT2D eigenvalue weighted by atomic mass is 9.86. The van der Waals surface area contributed by atoms with Gasteiger partial charge in [0.1, 0.15) is 11.5 Å². The maximum absolute atomic E-state index is 13.5. The molecule has 26 heavy (non-hydrogen) atoms. The van der Waals surface area contributed by atoms with Crippen molar-refractivity contribution < 1.29 is 23.4 Å². The van der Waals surface area contributed by atoms with Crippen LogP contribution in [0.15, 0.2) is 53.6 Å². The number of alkyl halides is 2. The molecule has 0 unspecified atom stereocenters. The third-order valence-corrected chi connectivity index (χ3v) is 4.64. The fourth-order valence-electron chi connectivity index (χ4n) is 3.45. The molecule has 1 N–H and O–H groups in total. The van der Waals surface area contributed by atoms with Crippen LogP contribution in [0.2, 0.25) is 0 Å². The number of hydrogen-bond donors (Lipinski definition) is 1. The maximum Gasteiger partial charge on any atom is 0.287 e. The van der Waals surface area contributed by atoms with Gasteiger partial charge in [-0.25, -0.2) is 8.78 Å². The van der Waals surface area contributed by atoms with Gasteiger partial charge in [0.15, 0.2) is 0 Å². The molecule has 4 rings (SSSR count). The van der Waals surface area contributed by atoms with Crippen LogP contribution in [0.3, 0.4) is 0 Å². The summed E-state index contributed by atoms with van der Waals surface area (Å²) in [6.45, 7) is 1.51. The van der Waals surface area contributed by atoms with Gasteiger partial charge < -0.3 is 9.84 Å². The third kappa shape index (κ3) is 2.39. The lowest BCUT2D eigenvalue weighted by molar-refractivity contribution is -0.192. The molecule has 0 fully saturated rings. The number of aliphatic hydroxyl groups is 1. The van der Waals surface area contributed by atoms with Crippen molar-refractivity contribution in [1.29, 1.82) is 0 Å². The minimum atomic E-state index is -3.14. The Kier molecular flexibility index (Phi) is 3.77. The van der Waals surface area contributed by atoms with Crippen LogP contribution in [-0.4, -0.2) is 33.9 Å². The second-order valence-corrected chi connectivity index (χ2v) is 6.45. The van der Waals surface area contributed by atoms with Crippen molar-refractivity contribution in [3.05, 3.63) is 59.7 Å². The summed E-state index contributed by atoms with van der Waals surface area (Å²) in [5.74, 6) is -0.654. The Balaban J connectivity index is 1.84. The molecule has 0 aromatic heterocycles. The highest BCUT2D eigenvalue weighted by molar-refractivity contribution is 5.94. The van der Waals surface area contributed by atoms with E-state index in [0.29, 0.717) is 27.6 Å². The number of halogens is 2. The van der Waals surface area contributed by atoms with Crippen molar-refractivity contribution in [1.82, 2.24) is 5.01 Å². The highest BCUT2D eigenvalue weighted by Crippen LogP contribution is 2.46. The topological polar surface area (TPSA) is 62.1 Å². The fraction of sp³-hybridized carbons (Fsp3) is 0.263. The quantitative estimate of drug-likeness (QED) is 0.894. The van der Waals surface area contributed by atoms with Gasteiger partial charge in [-0.3, -0.25) is 4.79 Å². The van der Waals surface area contributed by atoms with Crippen molar-refractivity contribution in [2.75, 3.05) is 0 Å². The molecule has 7 heteroatoms. The van der Waals surface area contributed by atoms with E-state index in [4.69, 9.17) is 4.74 Å². The second-order valence-electron chi connectivity index (χ2n) is 6.45. The van der Waals surface area contributed by atoms with Crippen LogP contribution in [-0.2, 0) is 4.79 Å². The molecule has 1 amide bonds. The van der Waals surface area contributed by atoms with Crippen LogP contribution in [0.1, 0.15) is 30.4 Å². The molecule has 0 aliphatic carbocycles. The third-order valence-electron chi connectivity index (χ3n) is 4.64. The number of hydrazone groups is 1. The average molecular weight is 358 g/mol. The van der Waals surface area contributed by atoms with Gasteiger partial charge in [-0.2, -0.15) is 10.1 Å². The van der Waals surface area contributed by atoms with E-state index < -0.39 is 24.0 Å². The largest absolute Gasteiger partial charge is 0.457 e. The molecule has 134 valence electrons. The smallest absolute Gasteiger partial charge is 0.287 e. The average Bonchev–Trinajstić information content (AvgIpc) is 2.95. The van der Waals surface area contributed by atoms with E-state index in [9.17, 15) is 18.7 Å². The number of fused-ring (bicyclic) bond motifs is 2. The second kappa shape index (κ2) is 5.88. The number of rotatable bonds is 2. The van der Waals surface area contributed by atoms with Crippen molar-refractivity contribution in [3.63, 3.8) is 0 Å². The van der Waals surface area contributed by atoms with Gasteiger partial charge in [-0.15, -0.1) is 0 Å². The number of carbonyl (C=O) groups is 1. The van der Waals surface area contributed by atoms with Gasteiger partial charge in [0, 0.05) is 23.3 Å². The summed E-state index contributed by atoms with van der Waals surface area (Å²) in [6, 6.07) is 13.9. The van der Waals surface area contributed by atoms with Gasteiger partial charge in [-0.05, 0) is 19.1 Å². The van der Waals surface area contributed by atoms with Crippen LogP contribution < -0.4 is 4.74 Å². The van der Waals surface area contributed by atoms with Crippen LogP contribution >= 0.6 is 0 Å². The van der Waals surface area contributed by atoms with Crippen molar-refractivity contribution in [2.24, 2.45) is 5.10 Å². The van der Waals surface area contributed by atoms with E-state index in [1.807, 2.05) is 0 Å². The Hall–Kier alpha value is -2.80. The molecule has 0 radical (unpaired) electrons. The minimum Gasteiger partial charge on any atom is -0.457 e. The van der Waals surface area contributed by atoms with E-state index in [-0.39, 0.29) is 12.1 Å². The van der Waals surface area contributed by atoms with Crippen LogP contribution in [0.25, 0.3) is 0 Å². The summed E-state index contributed by atoms with van der Waals surface area (Å²) < 4.78 is 32.9. The summed E-state index contributed by atoms with van der Waals surface area (Å²) in [4.78, 5) is 13.3. The zero-order chi connectivity index (χ0) is 18.5. The first kappa shape index (κ1) is 16.7. The number of para-hydroxylation sites is 2. The molecule has 0 saturated heterocycles. The lowest BCUT2D eigenvalue weighted by Gasteiger charge is -2.34. The van der Waals surface area contributed by atoms with Gasteiger partial charge in [-0.1, -0.05) is 36.4 Å². The molecular formula is C19H16F2N2O3. The minimum absolute atomic E-state index is 0.273. The van der Waals surface area contributed by atoms with Crippen molar-refractivity contribution in [3.8, 4) is 11.5 Å². The summed E-state index contributed by atoms with van der Waals surface area (Å²) in [6.07, 6.45) is -3.53. The van der Waals surface area contributed by atoms with Crippen LogP contribution in [0.5, 0.6) is 11.5 Å². The molecule has 0 spiro atoms. The van der Waals surface area contributed by atoms with E-state index in [1.54, 1.807) is 48.5 Å². The maximum atomic E-state index is 13.5. The monoisotopic (exact) mass is 358 g/mol. The molecule has 5 nitrogen and oxygen atoms in total. The summed E-state index contributed by atoms with van der Waals surface area (Å²) in [7, 11) is 0. The predicted octanol–water partition coefficient (Wildman–Crippen LogP) is 3.49. The Bertz CT molecular complexity index is 870. The van der Waals surface area contributed by atoms with Crippen molar-refractivity contribution in [2.45, 2.75) is 31.4 Å². The first-order valence-electron chi connectivity index (χ1n) is 8.16. The Morgan fingerprint density at radius 1 is 1.19 bits per heavy atom. The van der Waals surface area contributed by atoms with E-state index >= 15 is 0 Å². The summed E-state index contributed by atoms with van der Waals surface area (Å²) in [5, 5.41) is 14.9. The lowest BCUT2D eigenvalue weighted by Crippen LogP contribution is -2.53. The number of hydrogen-bond acceptors (Lipinski definition) is 4. The number of ether oxygens (including phenoxy) is 1. The summed E-state index contributed by atoms with van der Waals surface area (Å²) >= 11 is 0. The molecule has 0 saturated carbocycles. The Morgan fingerprint density at radius 3 is 2.27 bits per heavy atom. The molecule has 2 aromatic carbocycles. The van der Waals surface area contributed by atoms with E-state index in [0.717, 1.165) is 0 Å². The van der Waals surface area contributed by atoms with Crippen LogP contribution in [0.4, 0.5) is 8.78 Å². The Labute approximate surface area is 148 Å². The van der Waals surface area contributed by atoms with Gasteiger partial charge in [0.25, 0.3) is 12.3 Å². The molecule has 2 heterocycles. The highest BCUT2D eigenvalue weighted by atomic mass is 19.3. The number of carbonyl (C=O) groups excluding carboxylic acids is 1. The number of benzene rings is 2. The molecule has 1 atom stereocenters. The fourth-order valence-corrected chi connectivity index (χ4v) is 3.45. The van der Waals surface area contributed by atoms with E-state index in [1.165, 1.54) is 6.92 Å². The highest BCUT2D eigenvalue weighted by Gasteiger charge is 2.53. The molecular weight excluding hydrogens is 342 g/mol. The SMILES string of the molecule is CC1=NN(C(=O)C2c3ccccc3Oc3ccccc32)[C@@](O)(C(F)F)C1. The first-order valence-corrected chi connectivity index (χ1v) is 8.16.